The topological polar surface area (TPSA) is 92.9 Å². The smallest absolute Gasteiger partial charge is 0.261 e. The second-order valence-corrected chi connectivity index (χ2v) is 10.7. The molecular formula is C28H29F2N9. The molecule has 0 atom stereocenters. The van der Waals surface area contributed by atoms with Gasteiger partial charge in [0.1, 0.15) is 11.5 Å². The Balaban J connectivity index is 1.21. The van der Waals surface area contributed by atoms with Crippen molar-refractivity contribution in [3.63, 3.8) is 0 Å². The highest BCUT2D eigenvalue weighted by Gasteiger charge is 2.37. The number of aromatic amines is 2. The zero-order chi connectivity index (χ0) is 26.6. The number of aromatic nitrogens is 6. The van der Waals surface area contributed by atoms with Gasteiger partial charge in [0.25, 0.3) is 5.92 Å². The molecule has 0 radical (unpaired) electrons. The zero-order valence-electron chi connectivity index (χ0n) is 21.7. The quantitative estimate of drug-likeness (QED) is 0.353. The Morgan fingerprint density at radius 1 is 0.949 bits per heavy atom. The molecule has 9 nitrogen and oxygen atoms in total. The van der Waals surface area contributed by atoms with Gasteiger partial charge in [0.15, 0.2) is 0 Å². The van der Waals surface area contributed by atoms with Crippen molar-refractivity contribution >= 4 is 27.6 Å². The van der Waals surface area contributed by atoms with Crippen LogP contribution in [0, 0.1) is 0 Å². The van der Waals surface area contributed by atoms with Gasteiger partial charge in [-0.05, 0) is 36.9 Å². The summed E-state index contributed by atoms with van der Waals surface area (Å²) in [6.07, 6.45) is 7.02. The number of nitrogens with one attached hydrogen (secondary N) is 2. The van der Waals surface area contributed by atoms with E-state index in [0.29, 0.717) is 13.1 Å². The van der Waals surface area contributed by atoms with Gasteiger partial charge in [0, 0.05) is 80.6 Å². The summed E-state index contributed by atoms with van der Waals surface area (Å²) in [7, 11) is 2.15. The van der Waals surface area contributed by atoms with Crippen molar-refractivity contribution in [2.24, 2.45) is 0 Å². The number of hydrogen-bond donors (Lipinski definition) is 2. The molecule has 0 bridgehead atoms. The molecule has 7 rings (SSSR count). The SMILES string of the molecule is CN1CCN(c2nccc3[nH]c(-c4n[nH]c5cnc(-c6cncc(CN7CCC(F)(F)C7)c6)cc45)cc23)CC1. The van der Waals surface area contributed by atoms with E-state index in [1.165, 1.54) is 0 Å². The fraction of sp³-hybridized carbons (Fsp3) is 0.357. The number of anilines is 1. The van der Waals surface area contributed by atoms with E-state index in [1.807, 2.05) is 24.4 Å². The first kappa shape index (κ1) is 24.1. The standard InChI is InChI=1S/C28H29F2N9/c1-37-6-8-39(9-7-37)27-21-12-24(34-22(21)2-4-32-27)26-20-11-23(33-15-25(20)35-36-26)19-10-18(13-31-14-19)16-38-5-3-28(29,30)17-38/h2,4,10-15,34H,3,5-9,16-17H2,1H3,(H,35,36). The molecule has 0 spiro atoms. The minimum atomic E-state index is -2.61. The van der Waals surface area contributed by atoms with E-state index in [4.69, 9.17) is 4.98 Å². The van der Waals surface area contributed by atoms with Crippen LogP contribution in [0.5, 0.6) is 0 Å². The minimum absolute atomic E-state index is 0.0949. The maximum absolute atomic E-state index is 13.6. The highest BCUT2D eigenvalue weighted by atomic mass is 19.3. The van der Waals surface area contributed by atoms with Crippen LogP contribution < -0.4 is 4.90 Å². The molecule has 0 unspecified atom stereocenters. The molecule has 200 valence electrons. The Kier molecular flexibility index (Phi) is 5.78. The molecule has 2 N–H and O–H groups in total. The van der Waals surface area contributed by atoms with Gasteiger partial charge in [-0.2, -0.15) is 5.10 Å². The maximum Gasteiger partial charge on any atom is 0.261 e. The predicted molar refractivity (Wildman–Crippen MR) is 147 cm³/mol. The van der Waals surface area contributed by atoms with Crippen LogP contribution in [-0.4, -0.2) is 92.2 Å². The van der Waals surface area contributed by atoms with Crippen molar-refractivity contribution in [3.8, 4) is 22.6 Å². The Morgan fingerprint density at radius 2 is 1.82 bits per heavy atom. The van der Waals surface area contributed by atoms with E-state index in [9.17, 15) is 8.78 Å². The number of alkyl halides is 2. The van der Waals surface area contributed by atoms with Crippen molar-refractivity contribution in [1.82, 2.24) is 39.9 Å². The van der Waals surface area contributed by atoms with Crippen molar-refractivity contribution < 1.29 is 8.78 Å². The van der Waals surface area contributed by atoms with Crippen LogP contribution in [0.15, 0.2) is 49.1 Å². The van der Waals surface area contributed by atoms with Crippen molar-refractivity contribution in [3.05, 3.63) is 54.6 Å². The summed E-state index contributed by atoms with van der Waals surface area (Å²) in [4.78, 5) is 23.7. The van der Waals surface area contributed by atoms with Gasteiger partial charge < -0.3 is 14.8 Å². The van der Waals surface area contributed by atoms with Gasteiger partial charge in [0.2, 0.25) is 0 Å². The summed E-state index contributed by atoms with van der Waals surface area (Å²) in [5.74, 6) is -1.62. The fourth-order valence-corrected chi connectivity index (χ4v) is 5.63. The van der Waals surface area contributed by atoms with Crippen LogP contribution in [0.2, 0.25) is 0 Å². The Labute approximate surface area is 223 Å². The molecule has 0 aromatic carbocycles. The second-order valence-electron chi connectivity index (χ2n) is 10.7. The average Bonchev–Trinajstić information content (AvgIpc) is 3.64. The van der Waals surface area contributed by atoms with Crippen LogP contribution in [0.25, 0.3) is 44.5 Å². The first-order chi connectivity index (χ1) is 18.9. The Bertz CT molecular complexity index is 1650. The van der Waals surface area contributed by atoms with Crippen molar-refractivity contribution in [2.75, 3.05) is 51.2 Å². The zero-order valence-corrected chi connectivity index (χ0v) is 21.7. The van der Waals surface area contributed by atoms with E-state index < -0.39 is 5.92 Å². The average molecular weight is 530 g/mol. The van der Waals surface area contributed by atoms with E-state index in [0.717, 1.165) is 82.0 Å². The molecule has 0 saturated carbocycles. The molecule has 2 saturated heterocycles. The van der Waals surface area contributed by atoms with E-state index in [-0.39, 0.29) is 13.0 Å². The van der Waals surface area contributed by atoms with E-state index >= 15 is 0 Å². The summed E-state index contributed by atoms with van der Waals surface area (Å²) in [6.45, 7) is 4.51. The molecule has 5 aromatic heterocycles. The van der Waals surface area contributed by atoms with Gasteiger partial charge >= 0.3 is 0 Å². The number of nitrogens with zero attached hydrogens (tertiary/aromatic N) is 7. The molecule has 2 aliphatic heterocycles. The largest absolute Gasteiger partial charge is 0.353 e. The summed E-state index contributed by atoms with van der Waals surface area (Å²) < 4.78 is 27.3. The van der Waals surface area contributed by atoms with E-state index in [1.54, 1.807) is 23.5 Å². The molecule has 11 heteroatoms. The number of halogens is 2. The molecule has 0 aliphatic carbocycles. The monoisotopic (exact) mass is 529 g/mol. The number of pyridine rings is 3. The lowest BCUT2D eigenvalue weighted by Crippen LogP contribution is -2.44. The third-order valence-corrected chi connectivity index (χ3v) is 7.78. The summed E-state index contributed by atoms with van der Waals surface area (Å²) >= 11 is 0. The normalized spacial score (nSPS) is 18.5. The lowest BCUT2D eigenvalue weighted by Gasteiger charge is -2.33. The minimum Gasteiger partial charge on any atom is -0.353 e. The van der Waals surface area contributed by atoms with Crippen LogP contribution in [0.3, 0.4) is 0 Å². The lowest BCUT2D eigenvalue weighted by atomic mass is 10.1. The van der Waals surface area contributed by atoms with Gasteiger partial charge in [-0.25, -0.2) is 13.8 Å². The number of H-pyrrole nitrogens is 2. The van der Waals surface area contributed by atoms with E-state index in [2.05, 4.69) is 48.1 Å². The summed E-state index contributed by atoms with van der Waals surface area (Å²) in [5, 5.41) is 9.73. The third-order valence-electron chi connectivity index (χ3n) is 7.78. The molecule has 0 amide bonds. The van der Waals surface area contributed by atoms with Crippen LogP contribution in [-0.2, 0) is 6.54 Å². The molecule has 2 aliphatic rings. The Morgan fingerprint density at radius 3 is 2.64 bits per heavy atom. The number of piperazine rings is 1. The van der Waals surface area contributed by atoms with Crippen LogP contribution in [0.4, 0.5) is 14.6 Å². The number of rotatable bonds is 5. The third kappa shape index (κ3) is 4.61. The first-order valence-corrected chi connectivity index (χ1v) is 13.2. The summed E-state index contributed by atoms with van der Waals surface area (Å²) in [6, 6.07) is 8.10. The van der Waals surface area contributed by atoms with Crippen molar-refractivity contribution in [1.29, 1.82) is 0 Å². The lowest BCUT2D eigenvalue weighted by molar-refractivity contribution is 0.0115. The maximum atomic E-state index is 13.6. The molecule has 5 aromatic rings. The second kappa shape index (κ2) is 9.35. The molecule has 7 heterocycles. The van der Waals surface area contributed by atoms with Crippen LogP contribution in [0.1, 0.15) is 12.0 Å². The van der Waals surface area contributed by atoms with Crippen LogP contribution >= 0.6 is 0 Å². The van der Waals surface area contributed by atoms with Crippen molar-refractivity contribution in [2.45, 2.75) is 18.9 Å². The summed E-state index contributed by atoms with van der Waals surface area (Å²) in [5.41, 5.74) is 6.03. The number of likely N-dealkylation sites (tertiary alicyclic amines) is 1. The highest BCUT2D eigenvalue weighted by molar-refractivity contribution is 5.99. The number of hydrogen-bond acceptors (Lipinski definition) is 7. The number of likely N-dealkylation sites (N-methyl/N-ethyl adjacent to an activating group) is 1. The van der Waals surface area contributed by atoms with Gasteiger partial charge in [-0.15, -0.1) is 0 Å². The van der Waals surface area contributed by atoms with Gasteiger partial charge in [-0.1, -0.05) is 0 Å². The number of fused-ring (bicyclic) bond motifs is 2. The molecule has 39 heavy (non-hydrogen) atoms. The molecular weight excluding hydrogens is 500 g/mol. The predicted octanol–water partition coefficient (Wildman–Crippen LogP) is 4.16. The highest BCUT2D eigenvalue weighted by Crippen LogP contribution is 2.34. The van der Waals surface area contributed by atoms with Gasteiger partial charge in [0.05, 0.1) is 35.2 Å². The van der Waals surface area contributed by atoms with Gasteiger partial charge in [-0.3, -0.25) is 20.0 Å². The first-order valence-electron chi connectivity index (χ1n) is 13.2. The Hall–Kier alpha value is -3.96. The fourth-order valence-electron chi connectivity index (χ4n) is 5.63. The molecule has 2 fully saturated rings.